The van der Waals surface area contributed by atoms with Crippen molar-refractivity contribution in [1.82, 2.24) is 9.80 Å². The van der Waals surface area contributed by atoms with E-state index in [0.717, 1.165) is 26.2 Å². The number of benzene rings is 1. The summed E-state index contributed by atoms with van der Waals surface area (Å²) in [5.41, 5.74) is 1.46. The first kappa shape index (κ1) is 16.0. The van der Waals surface area contributed by atoms with Gasteiger partial charge >= 0.3 is 0 Å². The molecule has 2 rings (SSSR count). The van der Waals surface area contributed by atoms with Crippen LogP contribution in [-0.4, -0.2) is 48.4 Å². The van der Waals surface area contributed by atoms with Crippen molar-refractivity contribution >= 4 is 5.91 Å². The molecule has 0 radical (unpaired) electrons. The Hall–Kier alpha value is -1.35. The van der Waals surface area contributed by atoms with Gasteiger partial charge in [-0.15, -0.1) is 0 Å². The monoisotopic (exact) mass is 288 g/mol. The van der Waals surface area contributed by atoms with Gasteiger partial charge in [-0.05, 0) is 31.4 Å². The normalized spacial score (nSPS) is 16.1. The predicted octanol–water partition coefficient (Wildman–Crippen LogP) is 2.95. The standard InChI is InChI=1S/C18H28N2O/c1-17(21)20-15-13-19(14-16-20)12-8-3-2-5-9-18-10-6-4-7-11-18/h4,6-7,10-11H,2-3,5,8-9,12-16H2,1H3. The Kier molecular flexibility index (Phi) is 6.74. The minimum Gasteiger partial charge on any atom is -0.340 e. The van der Waals surface area contributed by atoms with Gasteiger partial charge in [-0.3, -0.25) is 9.69 Å². The van der Waals surface area contributed by atoms with Crippen LogP contribution in [0.3, 0.4) is 0 Å². The number of rotatable bonds is 7. The van der Waals surface area contributed by atoms with Crippen LogP contribution in [0.25, 0.3) is 0 Å². The molecule has 0 unspecified atom stereocenters. The molecular formula is C18H28N2O. The number of nitrogens with zero attached hydrogens (tertiary/aromatic N) is 2. The summed E-state index contributed by atoms with van der Waals surface area (Å²) >= 11 is 0. The Balaban J connectivity index is 1.48. The molecule has 1 aliphatic heterocycles. The van der Waals surface area contributed by atoms with Crippen molar-refractivity contribution in [2.24, 2.45) is 0 Å². The van der Waals surface area contributed by atoms with Crippen LogP contribution >= 0.6 is 0 Å². The number of carbonyl (C=O) groups excluding carboxylic acids is 1. The highest BCUT2D eigenvalue weighted by molar-refractivity contribution is 5.73. The highest BCUT2D eigenvalue weighted by Gasteiger charge is 2.17. The van der Waals surface area contributed by atoms with E-state index >= 15 is 0 Å². The van der Waals surface area contributed by atoms with Crippen LogP contribution in [0.4, 0.5) is 0 Å². The number of amides is 1. The quantitative estimate of drug-likeness (QED) is 0.720. The summed E-state index contributed by atoms with van der Waals surface area (Å²) in [7, 11) is 0. The molecule has 1 fully saturated rings. The van der Waals surface area contributed by atoms with Gasteiger partial charge in [0.15, 0.2) is 0 Å². The van der Waals surface area contributed by atoms with Crippen LogP contribution in [0.2, 0.25) is 0 Å². The lowest BCUT2D eigenvalue weighted by Crippen LogP contribution is -2.48. The molecule has 0 bridgehead atoms. The first-order valence-corrected chi connectivity index (χ1v) is 8.27. The maximum absolute atomic E-state index is 11.3. The Morgan fingerprint density at radius 3 is 2.29 bits per heavy atom. The van der Waals surface area contributed by atoms with Gasteiger partial charge in [-0.1, -0.05) is 43.2 Å². The van der Waals surface area contributed by atoms with Gasteiger partial charge in [0, 0.05) is 33.1 Å². The number of aryl methyl sites for hydroxylation is 1. The maximum atomic E-state index is 11.3. The first-order valence-electron chi connectivity index (χ1n) is 8.27. The number of hydrogen-bond acceptors (Lipinski definition) is 2. The Bertz CT molecular complexity index is 410. The molecule has 1 saturated heterocycles. The van der Waals surface area contributed by atoms with Crippen LogP contribution in [0.15, 0.2) is 30.3 Å². The second-order valence-corrected chi connectivity index (χ2v) is 6.00. The fourth-order valence-corrected chi connectivity index (χ4v) is 2.95. The molecule has 0 N–H and O–H groups in total. The van der Waals surface area contributed by atoms with E-state index in [0.29, 0.717) is 0 Å². The number of piperazine rings is 1. The molecule has 0 saturated carbocycles. The van der Waals surface area contributed by atoms with Gasteiger partial charge in [0.2, 0.25) is 5.91 Å². The summed E-state index contributed by atoms with van der Waals surface area (Å²) in [5.74, 6) is 0.218. The molecule has 21 heavy (non-hydrogen) atoms. The van der Waals surface area contributed by atoms with Gasteiger partial charge < -0.3 is 4.90 Å². The Morgan fingerprint density at radius 1 is 0.952 bits per heavy atom. The number of unbranched alkanes of at least 4 members (excludes halogenated alkanes) is 3. The van der Waals surface area contributed by atoms with Crippen LogP contribution in [0, 0.1) is 0 Å². The minimum absolute atomic E-state index is 0.218. The second-order valence-electron chi connectivity index (χ2n) is 6.00. The molecule has 0 aliphatic carbocycles. The summed E-state index contributed by atoms with van der Waals surface area (Å²) in [5, 5.41) is 0. The molecule has 3 nitrogen and oxygen atoms in total. The molecule has 1 amide bonds. The minimum atomic E-state index is 0.218. The largest absolute Gasteiger partial charge is 0.340 e. The molecule has 1 aliphatic rings. The highest BCUT2D eigenvalue weighted by Crippen LogP contribution is 2.09. The van der Waals surface area contributed by atoms with Gasteiger partial charge in [-0.2, -0.15) is 0 Å². The zero-order valence-corrected chi connectivity index (χ0v) is 13.3. The Morgan fingerprint density at radius 2 is 1.62 bits per heavy atom. The number of carbonyl (C=O) groups is 1. The van der Waals surface area contributed by atoms with Crippen LogP contribution < -0.4 is 0 Å². The fraction of sp³-hybridized carbons (Fsp3) is 0.611. The van der Waals surface area contributed by atoms with Gasteiger partial charge in [0.25, 0.3) is 0 Å². The molecule has 1 heterocycles. The van der Waals surface area contributed by atoms with Crippen molar-refractivity contribution in [2.45, 2.75) is 39.0 Å². The first-order chi connectivity index (χ1) is 10.3. The third-order valence-electron chi connectivity index (χ3n) is 4.35. The molecule has 1 aromatic rings. The summed E-state index contributed by atoms with van der Waals surface area (Å²) < 4.78 is 0. The molecule has 116 valence electrons. The van der Waals surface area contributed by atoms with Crippen molar-refractivity contribution in [3.63, 3.8) is 0 Å². The van der Waals surface area contributed by atoms with Crippen LogP contribution in [0.1, 0.15) is 38.2 Å². The van der Waals surface area contributed by atoms with E-state index in [1.165, 1.54) is 44.2 Å². The van der Waals surface area contributed by atoms with E-state index in [-0.39, 0.29) is 5.91 Å². The molecule has 0 spiro atoms. The lowest BCUT2D eigenvalue weighted by atomic mass is 10.1. The average molecular weight is 288 g/mol. The lowest BCUT2D eigenvalue weighted by Gasteiger charge is -2.34. The fourth-order valence-electron chi connectivity index (χ4n) is 2.95. The van der Waals surface area contributed by atoms with Crippen molar-refractivity contribution < 1.29 is 4.79 Å². The lowest BCUT2D eigenvalue weighted by molar-refractivity contribution is -0.130. The summed E-state index contributed by atoms with van der Waals surface area (Å²) in [6, 6.07) is 10.8. The van der Waals surface area contributed by atoms with Gasteiger partial charge in [-0.25, -0.2) is 0 Å². The SMILES string of the molecule is CC(=O)N1CCN(CCCCCCc2ccccc2)CC1. The van der Waals surface area contributed by atoms with Crippen molar-refractivity contribution in [2.75, 3.05) is 32.7 Å². The third kappa shape index (κ3) is 5.88. The van der Waals surface area contributed by atoms with E-state index in [1.54, 1.807) is 6.92 Å². The molecule has 0 atom stereocenters. The maximum Gasteiger partial charge on any atom is 0.219 e. The average Bonchev–Trinajstić information content (AvgIpc) is 2.52. The van der Waals surface area contributed by atoms with Crippen molar-refractivity contribution in [3.05, 3.63) is 35.9 Å². The van der Waals surface area contributed by atoms with Gasteiger partial charge in [0.1, 0.15) is 0 Å². The Labute approximate surface area is 128 Å². The van der Waals surface area contributed by atoms with E-state index in [9.17, 15) is 4.79 Å². The summed E-state index contributed by atoms with van der Waals surface area (Å²) in [6.07, 6.45) is 6.43. The van der Waals surface area contributed by atoms with E-state index in [1.807, 2.05) is 4.90 Å². The van der Waals surface area contributed by atoms with Crippen molar-refractivity contribution in [1.29, 1.82) is 0 Å². The van der Waals surface area contributed by atoms with Crippen LogP contribution in [0.5, 0.6) is 0 Å². The van der Waals surface area contributed by atoms with E-state index in [4.69, 9.17) is 0 Å². The van der Waals surface area contributed by atoms with Crippen molar-refractivity contribution in [3.8, 4) is 0 Å². The molecule has 1 aromatic carbocycles. The predicted molar refractivity (Wildman–Crippen MR) is 87.3 cm³/mol. The van der Waals surface area contributed by atoms with Crippen LogP contribution in [-0.2, 0) is 11.2 Å². The smallest absolute Gasteiger partial charge is 0.219 e. The highest BCUT2D eigenvalue weighted by atomic mass is 16.2. The molecule has 0 aromatic heterocycles. The summed E-state index contributed by atoms with van der Waals surface area (Å²) in [6.45, 7) is 6.76. The zero-order valence-electron chi connectivity index (χ0n) is 13.3. The second kappa shape index (κ2) is 8.83. The van der Waals surface area contributed by atoms with Gasteiger partial charge in [0.05, 0.1) is 0 Å². The zero-order chi connectivity index (χ0) is 14.9. The summed E-state index contributed by atoms with van der Waals surface area (Å²) in [4.78, 5) is 15.7. The molecule has 3 heteroatoms. The third-order valence-corrected chi connectivity index (χ3v) is 4.35. The van der Waals surface area contributed by atoms with E-state index in [2.05, 4.69) is 35.2 Å². The number of hydrogen-bond donors (Lipinski definition) is 0. The topological polar surface area (TPSA) is 23.6 Å². The van der Waals surface area contributed by atoms with E-state index < -0.39 is 0 Å². The molecular weight excluding hydrogens is 260 g/mol.